The van der Waals surface area contributed by atoms with Crippen LogP contribution in [0.2, 0.25) is 0 Å². The zero-order valence-corrected chi connectivity index (χ0v) is 28.3. The summed E-state index contributed by atoms with van der Waals surface area (Å²) in [6.45, 7) is 5.04. The SMILES string of the molecule is CCN1C[C@@]2(COC)C3C(OC)C4C1[C@@]3(C1C[C@@]3(O)C(OC(=O)c5ccc(OC)cc5)C1[C@]4(OC(C)=O)C[C@@H]3OC)[C@@H](OC)C[C@H]2O. The second-order valence-corrected chi connectivity index (χ2v) is 14.7. The van der Waals surface area contributed by atoms with E-state index in [1.54, 1.807) is 52.7 Å². The third-order valence-electron chi connectivity index (χ3n) is 13.4. The maximum Gasteiger partial charge on any atom is 0.338 e. The number of likely N-dealkylation sites (tertiary alicyclic amines) is 1. The molecule has 0 aromatic heterocycles. The molecule has 1 aliphatic heterocycles. The average Bonchev–Trinajstić information content (AvgIpc) is 3.43. The molecule has 6 fully saturated rings. The van der Waals surface area contributed by atoms with Gasteiger partial charge in [0.25, 0.3) is 0 Å². The van der Waals surface area contributed by atoms with Crippen molar-refractivity contribution < 1.29 is 53.0 Å². The minimum atomic E-state index is -1.58. The van der Waals surface area contributed by atoms with Gasteiger partial charge in [0.15, 0.2) is 0 Å². The lowest BCUT2D eigenvalue weighted by atomic mass is 9.42. The van der Waals surface area contributed by atoms with Gasteiger partial charge in [0.1, 0.15) is 23.1 Å². The van der Waals surface area contributed by atoms with Gasteiger partial charge in [-0.15, -0.1) is 0 Å². The Bertz CT molecular complexity index is 1390. The molecule has 6 aliphatic rings. The van der Waals surface area contributed by atoms with E-state index in [2.05, 4.69) is 11.8 Å². The Morgan fingerprint density at radius 2 is 1.68 bits per heavy atom. The molecular formula is C35H49NO11. The number of aliphatic hydroxyl groups is 2. The van der Waals surface area contributed by atoms with Crippen LogP contribution in [0.4, 0.5) is 0 Å². The van der Waals surface area contributed by atoms with E-state index in [1.165, 1.54) is 14.0 Å². The number of piperidine rings is 1. The van der Waals surface area contributed by atoms with Crippen LogP contribution in [0.25, 0.3) is 0 Å². The Kier molecular flexibility index (Phi) is 8.02. The first kappa shape index (κ1) is 33.2. The van der Waals surface area contributed by atoms with Crippen molar-refractivity contribution in [3.05, 3.63) is 29.8 Å². The van der Waals surface area contributed by atoms with Crippen molar-refractivity contribution in [1.82, 2.24) is 4.90 Å². The maximum absolute atomic E-state index is 13.9. The molecule has 1 saturated heterocycles. The number of benzene rings is 1. The van der Waals surface area contributed by atoms with Crippen molar-refractivity contribution in [1.29, 1.82) is 0 Å². The Balaban J connectivity index is 1.47. The Hall–Kier alpha value is -2.32. The minimum Gasteiger partial charge on any atom is -0.497 e. The molecule has 7 bridgehead atoms. The van der Waals surface area contributed by atoms with E-state index in [1.807, 2.05) is 0 Å². The van der Waals surface area contributed by atoms with Crippen molar-refractivity contribution in [2.45, 2.75) is 80.9 Å². The molecule has 2 N–H and O–H groups in total. The topological polar surface area (TPSA) is 142 Å². The van der Waals surface area contributed by atoms with Crippen LogP contribution < -0.4 is 4.74 Å². The van der Waals surface area contributed by atoms with Crippen molar-refractivity contribution >= 4 is 11.9 Å². The lowest BCUT2D eigenvalue weighted by molar-refractivity contribution is -0.300. The molecule has 5 saturated carbocycles. The Morgan fingerprint density at radius 3 is 2.26 bits per heavy atom. The molecule has 12 nitrogen and oxygen atoms in total. The predicted octanol–water partition coefficient (Wildman–Crippen LogP) is 1.69. The lowest BCUT2D eigenvalue weighted by Crippen LogP contribution is -2.79. The molecule has 1 spiro atoms. The van der Waals surface area contributed by atoms with Crippen molar-refractivity contribution in [2.24, 2.45) is 34.5 Å². The zero-order chi connectivity index (χ0) is 33.7. The van der Waals surface area contributed by atoms with E-state index in [-0.39, 0.29) is 30.7 Å². The molecule has 7 rings (SSSR count). The molecule has 260 valence electrons. The average molecular weight is 660 g/mol. The summed E-state index contributed by atoms with van der Waals surface area (Å²) in [5.41, 5.74) is -3.89. The van der Waals surface area contributed by atoms with Crippen molar-refractivity contribution in [3.8, 4) is 5.75 Å². The van der Waals surface area contributed by atoms with Gasteiger partial charge >= 0.3 is 11.9 Å². The highest BCUT2D eigenvalue weighted by Crippen LogP contribution is 2.80. The third-order valence-corrected chi connectivity index (χ3v) is 13.4. The second-order valence-electron chi connectivity index (χ2n) is 14.7. The van der Waals surface area contributed by atoms with Crippen LogP contribution in [0, 0.1) is 34.5 Å². The Labute approximate surface area is 275 Å². The predicted molar refractivity (Wildman–Crippen MR) is 166 cm³/mol. The molecule has 1 heterocycles. The molecule has 1 aromatic rings. The fraction of sp³-hybridized carbons (Fsp3) is 0.771. The van der Waals surface area contributed by atoms with Gasteiger partial charge in [-0.25, -0.2) is 4.79 Å². The van der Waals surface area contributed by atoms with Gasteiger partial charge in [0.05, 0.1) is 43.7 Å². The van der Waals surface area contributed by atoms with Crippen LogP contribution in [0.5, 0.6) is 5.75 Å². The zero-order valence-electron chi connectivity index (χ0n) is 28.3. The Morgan fingerprint density at radius 1 is 0.979 bits per heavy atom. The molecular weight excluding hydrogens is 610 g/mol. The summed E-state index contributed by atoms with van der Waals surface area (Å²) in [5.74, 6) is -2.10. The first-order valence-electron chi connectivity index (χ1n) is 16.7. The van der Waals surface area contributed by atoms with E-state index >= 15 is 0 Å². The number of hydrogen-bond acceptors (Lipinski definition) is 12. The van der Waals surface area contributed by atoms with Crippen molar-refractivity contribution in [2.75, 3.05) is 55.2 Å². The van der Waals surface area contributed by atoms with Crippen molar-refractivity contribution in [3.63, 3.8) is 0 Å². The van der Waals surface area contributed by atoms with Crippen LogP contribution in [0.3, 0.4) is 0 Å². The fourth-order valence-corrected chi connectivity index (χ4v) is 12.4. The first-order chi connectivity index (χ1) is 22.5. The van der Waals surface area contributed by atoms with Crippen LogP contribution >= 0.6 is 0 Å². The number of nitrogens with zero attached hydrogens (tertiary/aromatic N) is 1. The number of ether oxygens (including phenoxy) is 7. The number of carbonyl (C=O) groups excluding carboxylic acids is 2. The van der Waals surface area contributed by atoms with Gasteiger partial charge in [0, 0.05) is 89.4 Å². The molecule has 5 aliphatic carbocycles. The molecule has 1 aromatic carbocycles. The molecule has 14 atom stereocenters. The summed E-state index contributed by atoms with van der Waals surface area (Å²) in [6.07, 6.45) is -2.70. The van der Waals surface area contributed by atoms with E-state index in [9.17, 15) is 19.8 Å². The number of methoxy groups -OCH3 is 5. The van der Waals surface area contributed by atoms with Gasteiger partial charge in [0.2, 0.25) is 0 Å². The van der Waals surface area contributed by atoms with Gasteiger partial charge in [-0.05, 0) is 43.1 Å². The molecule has 0 amide bonds. The number of aliphatic hydroxyl groups excluding tert-OH is 1. The quantitative estimate of drug-likeness (QED) is 0.353. The minimum absolute atomic E-state index is 0.179. The third kappa shape index (κ3) is 4.00. The monoisotopic (exact) mass is 659 g/mol. The summed E-state index contributed by atoms with van der Waals surface area (Å²) in [7, 11) is 8.11. The number of hydrogen-bond donors (Lipinski definition) is 2. The lowest BCUT2D eigenvalue weighted by Gasteiger charge is -2.70. The van der Waals surface area contributed by atoms with Crippen LogP contribution in [-0.2, 0) is 33.2 Å². The molecule has 7 unspecified atom stereocenters. The van der Waals surface area contributed by atoms with E-state index < -0.39 is 76.3 Å². The molecule has 0 radical (unpaired) electrons. The van der Waals surface area contributed by atoms with Crippen LogP contribution in [-0.4, -0.2) is 130 Å². The largest absolute Gasteiger partial charge is 0.497 e. The molecule has 47 heavy (non-hydrogen) atoms. The fourth-order valence-electron chi connectivity index (χ4n) is 12.4. The van der Waals surface area contributed by atoms with Gasteiger partial charge < -0.3 is 43.4 Å². The van der Waals surface area contributed by atoms with Gasteiger partial charge in [-0.2, -0.15) is 0 Å². The standard InChI is InChI=1S/C35H49NO11/c1-8-36-16-32(17-41-3)22(38)13-23(43-5)35-21-14-33(40)24(44-6)15-34(47-18(2)37,26(29(35)36)27(45-7)28(32)35)25(21)30(33)46-31(39)19-9-11-20(42-4)12-10-19/h9-12,21-30,38,40H,8,13-17H2,1-7H3/t21?,22-,23+,24+,25?,26?,27?,28?,29?,30?,32+,33+,34-,35+/m1/s1. The number of fused-ring (bicyclic) bond motifs is 2. The van der Waals surface area contributed by atoms with Crippen LogP contribution in [0.1, 0.15) is 43.5 Å². The number of carbonyl (C=O) groups is 2. The summed E-state index contributed by atoms with van der Waals surface area (Å²) in [6, 6.07) is 6.44. The maximum atomic E-state index is 13.9. The van der Waals surface area contributed by atoms with Gasteiger partial charge in [-0.3, -0.25) is 9.69 Å². The summed E-state index contributed by atoms with van der Waals surface area (Å²) < 4.78 is 43.2. The van der Waals surface area contributed by atoms with E-state index in [0.717, 1.165) is 0 Å². The van der Waals surface area contributed by atoms with Gasteiger partial charge in [-0.1, -0.05) is 6.92 Å². The highest BCUT2D eigenvalue weighted by Gasteiger charge is 2.90. The number of rotatable bonds is 10. The highest BCUT2D eigenvalue weighted by molar-refractivity contribution is 5.89. The summed E-state index contributed by atoms with van der Waals surface area (Å²) in [5, 5.41) is 24.8. The molecule has 12 heteroatoms. The highest BCUT2D eigenvalue weighted by atomic mass is 16.6. The summed E-state index contributed by atoms with van der Waals surface area (Å²) in [4.78, 5) is 29.5. The number of esters is 2. The van der Waals surface area contributed by atoms with Crippen LogP contribution in [0.15, 0.2) is 24.3 Å². The summed E-state index contributed by atoms with van der Waals surface area (Å²) >= 11 is 0. The second kappa shape index (κ2) is 11.4. The normalized spacial score (nSPS) is 47.4. The van der Waals surface area contributed by atoms with E-state index in [0.29, 0.717) is 37.4 Å². The van der Waals surface area contributed by atoms with E-state index in [4.69, 9.17) is 33.2 Å². The smallest absolute Gasteiger partial charge is 0.338 e. The first-order valence-corrected chi connectivity index (χ1v) is 16.7.